The number of carbonyl (C=O) groups excluding carboxylic acids is 4. The largest absolute Gasteiger partial charge is 0.364 e. The first-order chi connectivity index (χ1) is 23.4. The number of benzene rings is 2. The van der Waals surface area contributed by atoms with Crippen LogP contribution in [0.2, 0.25) is 0 Å². The van der Waals surface area contributed by atoms with Gasteiger partial charge in [-0.3, -0.25) is 24.1 Å². The van der Waals surface area contributed by atoms with Gasteiger partial charge in [0.1, 0.15) is 0 Å². The first-order valence-corrected chi connectivity index (χ1v) is 17.5. The van der Waals surface area contributed by atoms with E-state index < -0.39 is 0 Å². The van der Waals surface area contributed by atoms with Crippen LogP contribution in [0.25, 0.3) is 0 Å². The molecular weight excluding hydrogens is 614 g/mol. The summed E-state index contributed by atoms with van der Waals surface area (Å²) in [6, 6.07) is 17.3. The molecule has 3 heterocycles. The molecular formula is C40H51N5O4. The number of imide groups is 1. The highest BCUT2D eigenvalue weighted by atomic mass is 16.2. The lowest BCUT2D eigenvalue weighted by Crippen LogP contribution is -2.40. The molecule has 2 aromatic rings. The van der Waals surface area contributed by atoms with Gasteiger partial charge in [-0.1, -0.05) is 88.4 Å². The monoisotopic (exact) mass is 665 g/mol. The molecule has 49 heavy (non-hydrogen) atoms. The van der Waals surface area contributed by atoms with E-state index in [0.29, 0.717) is 25.9 Å². The van der Waals surface area contributed by atoms with Crippen molar-refractivity contribution in [2.45, 2.75) is 83.1 Å². The zero-order valence-electron chi connectivity index (χ0n) is 29.6. The Kier molecular flexibility index (Phi) is 11.1. The molecule has 1 atom stereocenters. The Morgan fingerprint density at radius 1 is 0.776 bits per heavy atom. The van der Waals surface area contributed by atoms with E-state index in [2.05, 4.69) is 134 Å². The zero-order chi connectivity index (χ0) is 35.2. The molecule has 2 N–H and O–H groups in total. The Balaban J connectivity index is 1.09. The molecule has 0 bridgehead atoms. The third-order valence-corrected chi connectivity index (χ3v) is 10.2. The molecule has 0 aliphatic carbocycles. The van der Waals surface area contributed by atoms with Gasteiger partial charge in [0.05, 0.1) is 6.04 Å². The maximum atomic E-state index is 12.7. The van der Waals surface area contributed by atoms with E-state index in [9.17, 15) is 19.2 Å². The number of allylic oxidation sites excluding steroid dienone is 5. The summed E-state index contributed by atoms with van der Waals surface area (Å²) in [5.74, 6) is -0.640. The molecule has 0 radical (unpaired) electrons. The average Bonchev–Trinajstić information content (AvgIpc) is 3.58. The van der Waals surface area contributed by atoms with Gasteiger partial charge in [0, 0.05) is 86.8 Å². The van der Waals surface area contributed by atoms with Crippen LogP contribution in [0.5, 0.6) is 0 Å². The zero-order valence-corrected chi connectivity index (χ0v) is 29.6. The summed E-state index contributed by atoms with van der Waals surface area (Å²) in [5.41, 5.74) is 6.24. The summed E-state index contributed by atoms with van der Waals surface area (Å²) in [6.07, 6.45) is 13.2. The molecule has 5 rings (SSSR count). The molecule has 3 aliphatic heterocycles. The normalized spacial score (nSPS) is 20.1. The summed E-state index contributed by atoms with van der Waals surface area (Å²) in [7, 11) is 2.13. The fourth-order valence-corrected chi connectivity index (χ4v) is 7.47. The van der Waals surface area contributed by atoms with Crippen molar-refractivity contribution in [3.8, 4) is 0 Å². The van der Waals surface area contributed by atoms with E-state index in [4.69, 9.17) is 0 Å². The van der Waals surface area contributed by atoms with E-state index in [0.717, 1.165) is 17.9 Å². The minimum Gasteiger partial charge on any atom is -0.364 e. The number of para-hydroxylation sites is 2. The molecule has 9 nitrogen and oxygen atoms in total. The Morgan fingerprint density at radius 2 is 1.39 bits per heavy atom. The van der Waals surface area contributed by atoms with Crippen LogP contribution in [0.15, 0.2) is 84.6 Å². The third kappa shape index (κ3) is 7.82. The number of nitrogens with one attached hydrogen (secondary N) is 2. The third-order valence-electron chi connectivity index (χ3n) is 10.2. The molecule has 4 amide bonds. The van der Waals surface area contributed by atoms with E-state index >= 15 is 0 Å². The number of fused-ring (bicyclic) bond motifs is 2. The van der Waals surface area contributed by atoms with Gasteiger partial charge in [0.15, 0.2) is 0 Å². The molecule has 2 aromatic carbocycles. The minimum absolute atomic E-state index is 0.00542. The van der Waals surface area contributed by atoms with Crippen molar-refractivity contribution in [3.63, 3.8) is 0 Å². The predicted molar refractivity (Wildman–Crippen MR) is 195 cm³/mol. The van der Waals surface area contributed by atoms with Gasteiger partial charge in [-0.05, 0) is 42.2 Å². The van der Waals surface area contributed by atoms with Crippen molar-refractivity contribution >= 4 is 35.0 Å². The number of hydrogen-bond acceptors (Lipinski definition) is 6. The van der Waals surface area contributed by atoms with Crippen LogP contribution in [0, 0.1) is 0 Å². The number of anilines is 2. The van der Waals surface area contributed by atoms with E-state index in [1.807, 2.05) is 0 Å². The maximum Gasteiger partial charge on any atom is 0.229 e. The Morgan fingerprint density at radius 3 is 2.06 bits per heavy atom. The Bertz CT molecular complexity index is 1640. The summed E-state index contributed by atoms with van der Waals surface area (Å²) in [4.78, 5) is 54.0. The fourth-order valence-electron chi connectivity index (χ4n) is 7.47. The second-order valence-corrected chi connectivity index (χ2v) is 14.2. The van der Waals surface area contributed by atoms with Gasteiger partial charge in [0.25, 0.3) is 0 Å². The molecule has 1 unspecified atom stereocenters. The van der Waals surface area contributed by atoms with E-state index in [1.54, 1.807) is 0 Å². The van der Waals surface area contributed by atoms with Crippen molar-refractivity contribution in [1.82, 2.24) is 15.5 Å². The average molecular weight is 666 g/mol. The van der Waals surface area contributed by atoms with E-state index in [-0.39, 0.29) is 66.3 Å². The van der Waals surface area contributed by atoms with Crippen LogP contribution in [-0.4, -0.2) is 67.8 Å². The predicted octanol–water partition coefficient (Wildman–Crippen LogP) is 5.52. The molecule has 0 saturated carbocycles. The summed E-state index contributed by atoms with van der Waals surface area (Å²) < 4.78 is 0. The number of likely N-dealkylation sites (tertiary alicyclic amines) is 1. The fraction of sp³-hybridized carbons (Fsp3) is 0.450. The first-order valence-electron chi connectivity index (χ1n) is 17.5. The second kappa shape index (κ2) is 15.3. The van der Waals surface area contributed by atoms with Crippen molar-refractivity contribution in [1.29, 1.82) is 0 Å². The number of amides is 4. The molecule has 0 aromatic heterocycles. The highest BCUT2D eigenvalue weighted by Crippen LogP contribution is 2.47. The molecule has 1 saturated heterocycles. The number of hydrogen-bond donors (Lipinski definition) is 2. The lowest BCUT2D eigenvalue weighted by Gasteiger charge is -2.32. The van der Waals surface area contributed by atoms with Gasteiger partial charge in [-0.2, -0.15) is 0 Å². The Hall–Kier alpha value is -4.66. The molecule has 0 spiro atoms. The highest BCUT2D eigenvalue weighted by molar-refractivity contribution is 6.02. The molecule has 1 fully saturated rings. The lowest BCUT2D eigenvalue weighted by atomic mass is 9.80. The van der Waals surface area contributed by atoms with Crippen molar-refractivity contribution in [2.75, 3.05) is 43.0 Å². The minimum atomic E-state index is -0.213. The summed E-state index contributed by atoms with van der Waals surface area (Å²) in [6.45, 7) is 10.9. The number of rotatable bonds is 14. The summed E-state index contributed by atoms with van der Waals surface area (Å²) in [5, 5.41) is 5.76. The van der Waals surface area contributed by atoms with Gasteiger partial charge in [-0.15, -0.1) is 0 Å². The van der Waals surface area contributed by atoms with Crippen molar-refractivity contribution in [2.24, 2.45) is 0 Å². The quantitative estimate of drug-likeness (QED) is 0.157. The van der Waals surface area contributed by atoms with Crippen molar-refractivity contribution in [3.05, 3.63) is 95.7 Å². The van der Waals surface area contributed by atoms with E-state index in [1.165, 1.54) is 28.2 Å². The van der Waals surface area contributed by atoms with Crippen LogP contribution in [0.4, 0.5) is 11.4 Å². The standard InChI is InChI=1S/C40H51N5O4/c1-39(2)29-15-9-11-17-31(29)43(5)33(39)19-7-6-8-20-34-40(3,4)30-16-10-12-18-32(30)44(34)27-13-21-35(46)41-25-14-26-42-36(47)24-28-45-37(48)22-23-38(45)49/h6-12,15-20,34H,13-14,21-28H2,1-5H3,(H,41,46)(H,42,47)/b7-6+,20-8+,33-19+. The smallest absolute Gasteiger partial charge is 0.229 e. The SMILES string of the molecule is CN1/C(=C/C=C/C=C/C2N(CCCC(=O)NCCCNC(=O)CCN3C(=O)CCC3=O)c3ccccc3C2(C)C)C(C)(C)c2ccccc21. The van der Waals surface area contributed by atoms with Gasteiger partial charge >= 0.3 is 0 Å². The van der Waals surface area contributed by atoms with Gasteiger partial charge in [-0.25, -0.2) is 0 Å². The maximum absolute atomic E-state index is 12.7. The number of likely N-dealkylation sites (N-methyl/N-ethyl adjacent to an activating group) is 1. The molecule has 3 aliphatic rings. The summed E-state index contributed by atoms with van der Waals surface area (Å²) >= 11 is 0. The second-order valence-electron chi connectivity index (χ2n) is 14.2. The van der Waals surface area contributed by atoms with Crippen molar-refractivity contribution < 1.29 is 19.2 Å². The van der Waals surface area contributed by atoms with Gasteiger partial charge < -0.3 is 20.4 Å². The molecule has 9 heteroatoms. The topological polar surface area (TPSA) is 102 Å². The van der Waals surface area contributed by atoms with Crippen LogP contribution in [0.1, 0.15) is 77.3 Å². The van der Waals surface area contributed by atoms with Crippen LogP contribution >= 0.6 is 0 Å². The Labute approximate surface area is 291 Å². The lowest BCUT2D eigenvalue weighted by molar-refractivity contribution is -0.138. The molecule has 260 valence electrons. The van der Waals surface area contributed by atoms with Crippen LogP contribution in [-0.2, 0) is 30.0 Å². The number of carbonyl (C=O) groups is 4. The first kappa shape index (κ1) is 35.6. The highest BCUT2D eigenvalue weighted by Gasteiger charge is 2.42. The van der Waals surface area contributed by atoms with Crippen LogP contribution in [0.3, 0.4) is 0 Å². The van der Waals surface area contributed by atoms with Gasteiger partial charge in [0.2, 0.25) is 23.6 Å². The van der Waals surface area contributed by atoms with Crippen LogP contribution < -0.4 is 20.4 Å². The number of nitrogens with zero attached hydrogens (tertiary/aromatic N) is 3.